The predicted molar refractivity (Wildman–Crippen MR) is 110 cm³/mol. The van der Waals surface area contributed by atoms with Gasteiger partial charge in [-0.05, 0) is 41.8 Å². The number of nitro groups is 1. The molecular weight excluding hydrogens is 368 g/mol. The van der Waals surface area contributed by atoms with E-state index < -0.39 is 10.9 Å². The van der Waals surface area contributed by atoms with Crippen LogP contribution >= 0.6 is 0 Å². The Bertz CT molecular complexity index is 1160. The fourth-order valence-corrected chi connectivity index (χ4v) is 3.09. The topological polar surface area (TPSA) is 81.8 Å². The molecule has 4 rings (SSSR count). The number of hydrogen-bond donors (Lipinski definition) is 0. The molecule has 29 heavy (non-hydrogen) atoms. The van der Waals surface area contributed by atoms with E-state index >= 15 is 0 Å². The van der Waals surface area contributed by atoms with E-state index in [0.717, 1.165) is 16.7 Å². The lowest BCUT2D eigenvalue weighted by Gasteiger charge is -2.02. The summed E-state index contributed by atoms with van der Waals surface area (Å²) in [6.45, 7) is 1.63. The average Bonchev–Trinajstić information content (AvgIpc) is 3.09. The first-order valence-electron chi connectivity index (χ1n) is 8.95. The molecule has 3 aromatic carbocycles. The molecule has 1 aliphatic heterocycles. The van der Waals surface area contributed by atoms with Crippen molar-refractivity contribution < 1.29 is 14.5 Å². The Kier molecular flexibility index (Phi) is 4.75. The summed E-state index contributed by atoms with van der Waals surface area (Å²) in [4.78, 5) is 27.0. The van der Waals surface area contributed by atoms with Crippen LogP contribution in [0.25, 0.3) is 17.2 Å². The van der Waals surface area contributed by atoms with E-state index in [1.807, 2.05) is 54.6 Å². The molecule has 1 aliphatic rings. The molecule has 0 aliphatic carbocycles. The molecule has 0 N–H and O–H groups in total. The van der Waals surface area contributed by atoms with Gasteiger partial charge in [0.2, 0.25) is 5.90 Å². The number of nitro benzene ring substituents is 1. The standard InChI is InChI=1S/C23H16N2O4/c1-15-13-19(11-12-21(15)25(27)28)22-24-20(23(26)29-22)14-16-7-9-18(10-8-16)17-5-3-2-4-6-17/h2-14H,1H3/b20-14-. The van der Waals surface area contributed by atoms with Crippen LogP contribution in [-0.2, 0) is 9.53 Å². The van der Waals surface area contributed by atoms with E-state index in [2.05, 4.69) is 4.99 Å². The lowest BCUT2D eigenvalue weighted by atomic mass is 10.0. The largest absolute Gasteiger partial charge is 0.402 e. The van der Waals surface area contributed by atoms with Crippen molar-refractivity contribution in [2.75, 3.05) is 0 Å². The third-order valence-electron chi connectivity index (χ3n) is 4.58. The van der Waals surface area contributed by atoms with Gasteiger partial charge in [-0.1, -0.05) is 54.6 Å². The first-order valence-corrected chi connectivity index (χ1v) is 8.95. The van der Waals surface area contributed by atoms with Gasteiger partial charge in [-0.3, -0.25) is 10.1 Å². The van der Waals surface area contributed by atoms with E-state index in [9.17, 15) is 14.9 Å². The second-order valence-electron chi connectivity index (χ2n) is 6.58. The third kappa shape index (κ3) is 3.82. The van der Waals surface area contributed by atoms with Gasteiger partial charge >= 0.3 is 5.97 Å². The van der Waals surface area contributed by atoms with Crippen LogP contribution in [0.2, 0.25) is 0 Å². The molecule has 6 heteroatoms. The molecule has 0 aromatic heterocycles. The summed E-state index contributed by atoms with van der Waals surface area (Å²) in [5, 5.41) is 11.0. The van der Waals surface area contributed by atoms with Crippen molar-refractivity contribution in [3.05, 3.63) is 105 Å². The summed E-state index contributed by atoms with van der Waals surface area (Å²) in [6, 6.07) is 22.3. The second-order valence-corrected chi connectivity index (χ2v) is 6.58. The highest BCUT2D eigenvalue weighted by Crippen LogP contribution is 2.25. The van der Waals surface area contributed by atoms with Crippen molar-refractivity contribution in [1.29, 1.82) is 0 Å². The number of hydrogen-bond acceptors (Lipinski definition) is 5. The zero-order valence-corrected chi connectivity index (χ0v) is 15.5. The normalized spacial score (nSPS) is 14.6. The fourth-order valence-electron chi connectivity index (χ4n) is 3.09. The molecule has 0 saturated carbocycles. The minimum Gasteiger partial charge on any atom is -0.402 e. The number of cyclic esters (lactones) is 1. The summed E-state index contributed by atoms with van der Waals surface area (Å²) < 4.78 is 5.25. The highest BCUT2D eigenvalue weighted by molar-refractivity contribution is 6.13. The Morgan fingerprint density at radius 2 is 1.59 bits per heavy atom. The smallest absolute Gasteiger partial charge is 0.363 e. The molecule has 0 bridgehead atoms. The maximum atomic E-state index is 12.2. The van der Waals surface area contributed by atoms with Crippen molar-refractivity contribution in [3.63, 3.8) is 0 Å². The minimum absolute atomic E-state index is 0.00736. The van der Waals surface area contributed by atoms with Crippen LogP contribution < -0.4 is 0 Å². The molecule has 0 spiro atoms. The molecule has 3 aromatic rings. The number of aliphatic imine (C=N–C) groups is 1. The quantitative estimate of drug-likeness (QED) is 0.277. The van der Waals surface area contributed by atoms with Gasteiger partial charge in [0.05, 0.1) is 4.92 Å². The summed E-state index contributed by atoms with van der Waals surface area (Å²) in [6.07, 6.45) is 1.66. The van der Waals surface area contributed by atoms with Gasteiger partial charge in [0.15, 0.2) is 5.70 Å². The highest BCUT2D eigenvalue weighted by Gasteiger charge is 2.25. The van der Waals surface area contributed by atoms with Crippen LogP contribution in [0.15, 0.2) is 83.5 Å². The molecule has 1 heterocycles. The van der Waals surface area contributed by atoms with Gasteiger partial charge in [0, 0.05) is 17.2 Å². The molecule has 0 atom stereocenters. The average molecular weight is 384 g/mol. The molecule has 0 fully saturated rings. The number of benzene rings is 3. The first kappa shape index (κ1) is 18.3. The molecule has 0 radical (unpaired) electrons. The number of esters is 1. The van der Waals surface area contributed by atoms with Gasteiger partial charge < -0.3 is 4.74 Å². The fraction of sp³-hybridized carbons (Fsp3) is 0.0435. The van der Waals surface area contributed by atoms with E-state index in [4.69, 9.17) is 4.74 Å². The van der Waals surface area contributed by atoms with Gasteiger partial charge in [-0.2, -0.15) is 0 Å². The van der Waals surface area contributed by atoms with Crippen LogP contribution in [-0.4, -0.2) is 16.8 Å². The Morgan fingerprint density at radius 3 is 2.24 bits per heavy atom. The van der Waals surface area contributed by atoms with Crippen LogP contribution in [0, 0.1) is 17.0 Å². The molecule has 6 nitrogen and oxygen atoms in total. The lowest BCUT2D eigenvalue weighted by molar-refractivity contribution is -0.385. The highest BCUT2D eigenvalue weighted by atomic mass is 16.6. The van der Waals surface area contributed by atoms with Crippen molar-refractivity contribution in [3.8, 4) is 11.1 Å². The van der Waals surface area contributed by atoms with Gasteiger partial charge in [-0.15, -0.1) is 0 Å². The summed E-state index contributed by atoms with van der Waals surface area (Å²) >= 11 is 0. The third-order valence-corrected chi connectivity index (χ3v) is 4.58. The van der Waals surface area contributed by atoms with Crippen LogP contribution in [0.3, 0.4) is 0 Å². The molecule has 0 saturated heterocycles. The number of carbonyl (C=O) groups is 1. The van der Waals surface area contributed by atoms with E-state index in [1.165, 1.54) is 12.1 Å². The summed E-state index contributed by atoms with van der Waals surface area (Å²) in [5.41, 5.74) is 4.19. The SMILES string of the molecule is Cc1cc(C2=N/C(=C\c3ccc(-c4ccccc4)cc3)C(=O)O2)ccc1[N+](=O)[O-]. The maximum absolute atomic E-state index is 12.2. The number of carbonyl (C=O) groups excluding carboxylic acids is 1. The first-order chi connectivity index (χ1) is 14.0. The molecule has 0 unspecified atom stereocenters. The lowest BCUT2D eigenvalue weighted by Crippen LogP contribution is -2.06. The number of rotatable bonds is 4. The van der Waals surface area contributed by atoms with Crippen LogP contribution in [0.5, 0.6) is 0 Å². The monoisotopic (exact) mass is 384 g/mol. The summed E-state index contributed by atoms with van der Waals surface area (Å²) in [7, 11) is 0. The second kappa shape index (κ2) is 7.52. The Balaban J connectivity index is 1.60. The molecule has 142 valence electrons. The Morgan fingerprint density at radius 1 is 0.931 bits per heavy atom. The minimum atomic E-state index is -0.553. The van der Waals surface area contributed by atoms with Gasteiger partial charge in [0.1, 0.15) is 0 Å². The maximum Gasteiger partial charge on any atom is 0.363 e. The summed E-state index contributed by atoms with van der Waals surface area (Å²) in [5.74, 6) is -0.414. The Labute approximate surface area is 166 Å². The van der Waals surface area contributed by atoms with Crippen molar-refractivity contribution in [1.82, 2.24) is 0 Å². The number of ether oxygens (including phenoxy) is 1. The zero-order valence-electron chi connectivity index (χ0n) is 15.5. The zero-order chi connectivity index (χ0) is 20.4. The van der Waals surface area contributed by atoms with E-state index in [-0.39, 0.29) is 17.3 Å². The Hall–Kier alpha value is -4.06. The molecule has 0 amide bonds. The van der Waals surface area contributed by atoms with Crippen LogP contribution in [0.1, 0.15) is 16.7 Å². The number of nitrogens with zero attached hydrogens (tertiary/aromatic N) is 2. The van der Waals surface area contributed by atoms with Crippen molar-refractivity contribution in [2.24, 2.45) is 4.99 Å². The van der Waals surface area contributed by atoms with Crippen molar-refractivity contribution in [2.45, 2.75) is 6.92 Å². The predicted octanol–water partition coefficient (Wildman–Crippen LogP) is 4.91. The van der Waals surface area contributed by atoms with Gasteiger partial charge in [-0.25, -0.2) is 9.79 Å². The van der Waals surface area contributed by atoms with Crippen LogP contribution in [0.4, 0.5) is 5.69 Å². The number of aryl methyl sites for hydroxylation is 1. The van der Waals surface area contributed by atoms with Crippen molar-refractivity contribution >= 4 is 23.6 Å². The van der Waals surface area contributed by atoms with E-state index in [0.29, 0.717) is 11.1 Å². The molecular formula is C23H16N2O4. The van der Waals surface area contributed by atoms with E-state index in [1.54, 1.807) is 19.1 Å². The van der Waals surface area contributed by atoms with Gasteiger partial charge in [0.25, 0.3) is 5.69 Å².